The highest BCUT2D eigenvalue weighted by molar-refractivity contribution is 5.71. The van der Waals surface area contributed by atoms with E-state index in [0.29, 0.717) is 13.0 Å². The Balaban J connectivity index is 3.23. The maximum atomic E-state index is 12.1. The van der Waals surface area contributed by atoms with Gasteiger partial charge in [-0.25, -0.2) is 0 Å². The Morgan fingerprint density at radius 1 is 0.217 bits per heavy atom. The predicted octanol–water partition coefficient (Wildman–Crippen LogP) is 19.6. The fraction of sp³-hybridized carbons (Fsp3) is 0.964. The average Bonchev–Trinajstić information content (AvgIpc) is 3.25. The Morgan fingerprint density at radius 3 is 0.650 bits per heavy atom. The highest BCUT2D eigenvalue weighted by Gasteiger charge is 2.07. The van der Waals surface area contributed by atoms with Crippen LogP contribution < -0.4 is 0 Å². The number of unbranched alkanes of at least 4 members (excludes halogenated alkanes) is 46. The molecule has 4 nitrogen and oxygen atoms in total. The molecule has 0 aromatic rings. The van der Waals surface area contributed by atoms with Crippen molar-refractivity contribution in [3.05, 3.63) is 0 Å². The van der Waals surface area contributed by atoms with E-state index in [1.807, 2.05) is 0 Å². The van der Waals surface area contributed by atoms with Gasteiger partial charge in [-0.1, -0.05) is 309 Å². The molecule has 0 saturated heterocycles. The van der Waals surface area contributed by atoms with E-state index in [2.05, 4.69) is 13.8 Å². The molecule has 0 aromatic heterocycles. The van der Waals surface area contributed by atoms with Crippen LogP contribution in [0, 0.1) is 0 Å². The first kappa shape index (κ1) is 58.9. The quantitative estimate of drug-likeness (QED) is 0.0452. The van der Waals surface area contributed by atoms with Gasteiger partial charge in [0.15, 0.2) is 0 Å². The predicted molar refractivity (Wildman–Crippen MR) is 264 cm³/mol. The van der Waals surface area contributed by atoms with Crippen LogP contribution in [0.4, 0.5) is 0 Å². The van der Waals surface area contributed by atoms with Gasteiger partial charge in [-0.2, -0.15) is 0 Å². The normalized spacial score (nSPS) is 11.4. The van der Waals surface area contributed by atoms with E-state index >= 15 is 0 Å². The van der Waals surface area contributed by atoms with Gasteiger partial charge in [-0.15, -0.1) is 0 Å². The van der Waals surface area contributed by atoms with Gasteiger partial charge >= 0.3 is 11.9 Å². The number of carbonyl (C=O) groups is 2. The summed E-state index contributed by atoms with van der Waals surface area (Å²) < 4.78 is 10.6. The van der Waals surface area contributed by atoms with Crippen LogP contribution in [-0.2, 0) is 19.1 Å². The second kappa shape index (κ2) is 54.1. The SMILES string of the molecule is CCCCCCCCCCCCCCCCCCCCCCCCCCOC(=O)CCOC(=O)CCCCCCCCCCCCCCCCCCCCCCCCCC. The summed E-state index contributed by atoms with van der Waals surface area (Å²) in [6.07, 6.45) is 66.8. The Morgan fingerprint density at radius 2 is 0.400 bits per heavy atom. The van der Waals surface area contributed by atoms with Crippen LogP contribution in [-0.4, -0.2) is 25.2 Å². The average molecular weight is 847 g/mol. The molecule has 0 saturated carbocycles. The summed E-state index contributed by atoms with van der Waals surface area (Å²) in [6.45, 7) is 5.24. The lowest BCUT2D eigenvalue weighted by Gasteiger charge is -2.07. The molecule has 0 amide bonds. The van der Waals surface area contributed by atoms with Crippen molar-refractivity contribution in [2.45, 2.75) is 335 Å². The smallest absolute Gasteiger partial charge is 0.309 e. The Kier molecular flexibility index (Phi) is 53.1. The molecular formula is C56H110O4. The second-order valence-electron chi connectivity index (χ2n) is 19.2. The lowest BCUT2D eigenvalue weighted by molar-refractivity contribution is -0.149. The first-order valence-electron chi connectivity index (χ1n) is 28.0. The molecule has 0 aliphatic heterocycles. The van der Waals surface area contributed by atoms with Crippen molar-refractivity contribution < 1.29 is 19.1 Å². The highest BCUT2D eigenvalue weighted by atomic mass is 16.5. The van der Waals surface area contributed by atoms with Crippen LogP contribution in [0.2, 0.25) is 0 Å². The second-order valence-corrected chi connectivity index (χ2v) is 19.2. The van der Waals surface area contributed by atoms with Gasteiger partial charge < -0.3 is 9.47 Å². The summed E-state index contributed by atoms with van der Waals surface area (Å²) in [5.41, 5.74) is 0. The van der Waals surface area contributed by atoms with E-state index in [1.165, 1.54) is 283 Å². The molecule has 4 heteroatoms. The van der Waals surface area contributed by atoms with E-state index in [0.717, 1.165) is 25.7 Å². The molecule has 0 atom stereocenters. The minimum Gasteiger partial charge on any atom is -0.466 e. The summed E-state index contributed by atoms with van der Waals surface area (Å²) >= 11 is 0. The van der Waals surface area contributed by atoms with E-state index in [1.54, 1.807) is 0 Å². The summed E-state index contributed by atoms with van der Waals surface area (Å²) in [5.74, 6) is -0.418. The lowest BCUT2D eigenvalue weighted by atomic mass is 10.0. The zero-order valence-corrected chi connectivity index (χ0v) is 41.4. The van der Waals surface area contributed by atoms with Gasteiger partial charge in [0.25, 0.3) is 0 Å². The largest absolute Gasteiger partial charge is 0.466 e. The first-order chi connectivity index (χ1) is 29.7. The highest BCUT2D eigenvalue weighted by Crippen LogP contribution is 2.18. The summed E-state index contributed by atoms with van der Waals surface area (Å²) in [7, 11) is 0. The Labute approximate surface area is 377 Å². The van der Waals surface area contributed by atoms with Crippen molar-refractivity contribution in [3.63, 3.8) is 0 Å². The summed E-state index contributed by atoms with van der Waals surface area (Å²) in [4.78, 5) is 24.1. The van der Waals surface area contributed by atoms with E-state index in [4.69, 9.17) is 9.47 Å². The van der Waals surface area contributed by atoms with Gasteiger partial charge in [-0.05, 0) is 12.8 Å². The van der Waals surface area contributed by atoms with Crippen molar-refractivity contribution in [1.82, 2.24) is 0 Å². The van der Waals surface area contributed by atoms with Crippen molar-refractivity contribution in [2.24, 2.45) is 0 Å². The maximum absolute atomic E-state index is 12.1. The van der Waals surface area contributed by atoms with Gasteiger partial charge in [0.2, 0.25) is 0 Å². The van der Waals surface area contributed by atoms with Gasteiger partial charge in [0.05, 0.1) is 13.0 Å². The summed E-state index contributed by atoms with van der Waals surface area (Å²) in [6, 6.07) is 0. The molecule has 0 rings (SSSR count). The number of hydrogen-bond acceptors (Lipinski definition) is 4. The van der Waals surface area contributed by atoms with E-state index in [-0.39, 0.29) is 25.0 Å². The Bertz CT molecular complexity index is 811. The molecule has 0 radical (unpaired) electrons. The fourth-order valence-corrected chi connectivity index (χ4v) is 8.87. The first-order valence-corrected chi connectivity index (χ1v) is 28.0. The van der Waals surface area contributed by atoms with Crippen molar-refractivity contribution in [1.29, 1.82) is 0 Å². The van der Waals surface area contributed by atoms with Crippen LogP contribution in [0.1, 0.15) is 335 Å². The van der Waals surface area contributed by atoms with Crippen molar-refractivity contribution in [3.8, 4) is 0 Å². The van der Waals surface area contributed by atoms with Crippen molar-refractivity contribution in [2.75, 3.05) is 13.2 Å². The number of ether oxygens (including phenoxy) is 2. The standard InChI is InChI=1S/C56H110O4/c1-3-5-7-9-11-13-15-17-19-21-23-25-27-29-31-33-35-37-39-41-43-45-47-49-51-55(57)60-54-52-56(58)59-53-50-48-46-44-42-40-38-36-34-32-30-28-26-24-22-20-18-16-14-12-10-8-6-4-2/h3-54H2,1-2H3. The maximum Gasteiger partial charge on any atom is 0.309 e. The minimum atomic E-state index is -0.244. The molecule has 0 fully saturated rings. The van der Waals surface area contributed by atoms with Crippen LogP contribution in [0.3, 0.4) is 0 Å². The van der Waals surface area contributed by atoms with Gasteiger partial charge in [0.1, 0.15) is 6.61 Å². The van der Waals surface area contributed by atoms with Crippen LogP contribution in [0.5, 0.6) is 0 Å². The molecule has 358 valence electrons. The molecule has 0 N–H and O–H groups in total. The monoisotopic (exact) mass is 847 g/mol. The van der Waals surface area contributed by atoms with Crippen LogP contribution >= 0.6 is 0 Å². The third-order valence-electron chi connectivity index (χ3n) is 13.1. The molecule has 0 aromatic carbocycles. The van der Waals surface area contributed by atoms with Crippen molar-refractivity contribution >= 4 is 11.9 Å². The number of esters is 2. The summed E-state index contributed by atoms with van der Waals surface area (Å²) in [5, 5.41) is 0. The van der Waals surface area contributed by atoms with E-state index < -0.39 is 0 Å². The topological polar surface area (TPSA) is 52.6 Å². The molecule has 0 aliphatic carbocycles. The number of rotatable bonds is 53. The molecule has 60 heavy (non-hydrogen) atoms. The lowest BCUT2D eigenvalue weighted by Crippen LogP contribution is -2.12. The molecule has 0 unspecified atom stereocenters. The number of hydrogen-bond donors (Lipinski definition) is 0. The molecule has 0 spiro atoms. The zero-order valence-electron chi connectivity index (χ0n) is 41.4. The van der Waals surface area contributed by atoms with Gasteiger partial charge in [-0.3, -0.25) is 9.59 Å². The molecular weight excluding hydrogens is 737 g/mol. The number of carbonyl (C=O) groups excluding carboxylic acids is 2. The minimum absolute atomic E-state index is 0.149. The fourth-order valence-electron chi connectivity index (χ4n) is 8.87. The van der Waals surface area contributed by atoms with Crippen LogP contribution in [0.15, 0.2) is 0 Å². The van der Waals surface area contributed by atoms with Crippen LogP contribution in [0.25, 0.3) is 0 Å². The zero-order chi connectivity index (χ0) is 43.3. The molecule has 0 aliphatic rings. The third kappa shape index (κ3) is 53.1. The van der Waals surface area contributed by atoms with Gasteiger partial charge in [0, 0.05) is 6.42 Å². The molecule has 0 heterocycles. The molecule has 0 bridgehead atoms. The Hall–Kier alpha value is -1.06. The van der Waals surface area contributed by atoms with E-state index in [9.17, 15) is 9.59 Å². The third-order valence-corrected chi connectivity index (χ3v) is 13.1.